The maximum Gasteiger partial charge on any atom is 0.350 e. The molecule has 56 heavy (non-hydrogen) atoms. The number of hydrogen-bond donors (Lipinski definition) is 5. The Morgan fingerprint density at radius 3 is 2.70 bits per heavy atom. The zero-order chi connectivity index (χ0) is 39.5. The third-order valence-electron chi connectivity index (χ3n) is 14.6. The normalized spacial score (nSPS) is 39.3. The first-order valence-corrected chi connectivity index (χ1v) is 21.9. The number of ether oxygens (including phenoxy) is 2. The molecule has 5 aliphatic carbocycles. The maximum atomic E-state index is 15.2. The van der Waals surface area contributed by atoms with Crippen molar-refractivity contribution in [2.24, 2.45) is 40.9 Å². The highest BCUT2D eigenvalue weighted by Gasteiger charge is 2.87. The van der Waals surface area contributed by atoms with Gasteiger partial charge in [-0.15, -0.1) is 0 Å². The van der Waals surface area contributed by atoms with E-state index in [0.717, 1.165) is 96.0 Å². The van der Waals surface area contributed by atoms with E-state index < -0.39 is 29.0 Å². The lowest BCUT2D eigenvalue weighted by Crippen LogP contribution is -2.60. The Labute approximate surface area is 334 Å². The first-order chi connectivity index (χ1) is 27.1. The van der Waals surface area contributed by atoms with E-state index in [1.165, 1.54) is 5.57 Å². The number of allylic oxidation sites excluding steroid dienone is 8. The van der Waals surface area contributed by atoms with Crippen LogP contribution in [0.5, 0.6) is 0 Å². The Balaban J connectivity index is 1.14. The summed E-state index contributed by atoms with van der Waals surface area (Å²) in [6.45, 7) is 8.69. The van der Waals surface area contributed by atoms with Gasteiger partial charge in [-0.2, -0.15) is 0 Å². The molecule has 2 aliphatic heterocycles. The van der Waals surface area contributed by atoms with Crippen molar-refractivity contribution < 1.29 is 29.0 Å². The molecule has 2 saturated heterocycles. The largest absolute Gasteiger partial charge is 0.463 e. The molecule has 11 unspecified atom stereocenters. The highest BCUT2D eigenvalue weighted by atomic mass is 16.7. The number of aliphatic hydroxyl groups is 1. The highest BCUT2D eigenvalue weighted by Crippen LogP contribution is 2.64. The van der Waals surface area contributed by atoms with Crippen molar-refractivity contribution in [3.63, 3.8) is 0 Å². The van der Waals surface area contributed by atoms with Gasteiger partial charge in [0, 0.05) is 36.9 Å². The predicted octanol–water partition coefficient (Wildman–Crippen LogP) is 5.60. The molecule has 7 rings (SSSR count). The number of carbonyl (C=O) groups is 3. The number of nitrogens with one attached hydrogen (secondary N) is 4. The third kappa shape index (κ3) is 8.13. The number of rotatable bonds is 16. The quantitative estimate of drug-likeness (QED) is 0.0443. The molecule has 0 amide bonds. The summed E-state index contributed by atoms with van der Waals surface area (Å²) in [5.74, 6) is -1.30. The molecule has 2 heterocycles. The lowest BCUT2D eigenvalue weighted by molar-refractivity contribution is -0.161. The van der Waals surface area contributed by atoms with Crippen molar-refractivity contribution in [1.82, 2.24) is 21.3 Å². The van der Waals surface area contributed by atoms with Gasteiger partial charge in [-0.3, -0.25) is 14.9 Å². The second kappa shape index (κ2) is 17.6. The number of epoxide rings is 1. The molecule has 11 atom stereocenters. The number of ketones is 2. The van der Waals surface area contributed by atoms with Gasteiger partial charge < -0.3 is 30.5 Å². The summed E-state index contributed by atoms with van der Waals surface area (Å²) < 4.78 is 12.8. The lowest BCUT2D eigenvalue weighted by Gasteiger charge is -2.44. The minimum atomic E-state index is -1.98. The van der Waals surface area contributed by atoms with E-state index >= 15 is 9.59 Å². The van der Waals surface area contributed by atoms with Gasteiger partial charge in [0.2, 0.25) is 0 Å². The van der Waals surface area contributed by atoms with Gasteiger partial charge in [-0.1, -0.05) is 68.4 Å². The molecule has 0 spiro atoms. The van der Waals surface area contributed by atoms with Crippen molar-refractivity contribution >= 4 is 17.5 Å². The topological polar surface area (TPSA) is 141 Å². The Kier molecular flexibility index (Phi) is 13.0. The van der Waals surface area contributed by atoms with E-state index in [4.69, 9.17) is 9.47 Å². The summed E-state index contributed by atoms with van der Waals surface area (Å²) >= 11 is 0. The average molecular weight is 773 g/mol. The van der Waals surface area contributed by atoms with Crippen molar-refractivity contribution in [2.75, 3.05) is 40.0 Å². The van der Waals surface area contributed by atoms with E-state index in [1.54, 1.807) is 0 Å². The van der Waals surface area contributed by atoms with Crippen LogP contribution in [-0.2, 0) is 23.9 Å². The molecule has 10 heteroatoms. The summed E-state index contributed by atoms with van der Waals surface area (Å²) in [7, 11) is 1.93. The average Bonchev–Trinajstić information content (AvgIpc) is 3.91. The number of hydrogen-bond acceptors (Lipinski definition) is 10. The Morgan fingerprint density at radius 1 is 1.07 bits per heavy atom. The molecule has 5 N–H and O–H groups in total. The van der Waals surface area contributed by atoms with Gasteiger partial charge in [0.1, 0.15) is 0 Å². The standard InChI is InChI=1S/C46H68N4O6/c1-5-48-38-24-33-13-8-7-12-32(33)23-35(38)28-55-43(54)46-42(53)40-34(25-44(3)19-9-6-10-20-44)14-11-15-37(40)41(52)45(46,56-46)26-36(27-51)30(2)16-17-31-18-21-49-39(22-31)50-29-47-4/h6,8-10,13,19,24,31-32,34-35,37-40,47-51H,5,7,11-12,14-18,20-23,25-29H2,1-4H3. The van der Waals surface area contributed by atoms with Crippen LogP contribution in [0.25, 0.3) is 0 Å². The monoisotopic (exact) mass is 773 g/mol. The first-order valence-electron chi connectivity index (χ1n) is 21.9. The van der Waals surface area contributed by atoms with Gasteiger partial charge in [-0.05, 0) is 132 Å². The van der Waals surface area contributed by atoms with Crippen LogP contribution in [0.1, 0.15) is 104 Å². The second-order valence-corrected chi connectivity index (χ2v) is 18.4. The SMILES string of the molecule is CCNC1C=C2C=CCCC2CC1COC(=O)C12OC1(CC(CO)=C(C)CCC1CCNC(NCNC)C1)C(=O)C1CCCC(CC3(C)C=CC=CC3)C1C2=O. The maximum absolute atomic E-state index is 15.2. The van der Waals surface area contributed by atoms with E-state index in [1.807, 2.05) is 14.0 Å². The zero-order valence-corrected chi connectivity index (χ0v) is 34.4. The van der Waals surface area contributed by atoms with Crippen molar-refractivity contribution in [2.45, 2.75) is 128 Å². The van der Waals surface area contributed by atoms with Gasteiger partial charge in [0.25, 0.3) is 5.60 Å². The van der Waals surface area contributed by atoms with E-state index in [9.17, 15) is 9.90 Å². The number of likely N-dealkylation sites (N-methyl/N-ethyl adjacent to an activating group) is 1. The van der Waals surface area contributed by atoms with Crippen LogP contribution >= 0.6 is 0 Å². The number of fused-ring (bicyclic) bond motifs is 3. The van der Waals surface area contributed by atoms with E-state index in [-0.39, 0.29) is 60.7 Å². The fraction of sp³-hybridized carbons (Fsp3) is 0.717. The molecular weight excluding hydrogens is 705 g/mol. The van der Waals surface area contributed by atoms with Gasteiger partial charge in [-0.25, -0.2) is 4.79 Å². The Morgan fingerprint density at radius 2 is 1.93 bits per heavy atom. The number of piperidine rings is 1. The number of aliphatic hydroxyl groups excluding tert-OH is 1. The molecular formula is C46H68N4O6. The van der Waals surface area contributed by atoms with Crippen molar-refractivity contribution in [1.29, 1.82) is 0 Å². The van der Waals surface area contributed by atoms with Crippen LogP contribution < -0.4 is 21.3 Å². The Hall–Kier alpha value is -2.73. The van der Waals surface area contributed by atoms with Crippen LogP contribution in [-0.4, -0.2) is 86.1 Å². The first kappa shape index (κ1) is 41.4. The second-order valence-electron chi connectivity index (χ2n) is 18.4. The molecule has 0 aromatic heterocycles. The third-order valence-corrected chi connectivity index (χ3v) is 14.6. The minimum absolute atomic E-state index is 0.0383. The summed E-state index contributed by atoms with van der Waals surface area (Å²) in [4.78, 5) is 45.0. The zero-order valence-electron chi connectivity index (χ0n) is 34.4. The molecule has 308 valence electrons. The number of Topliss-reactive ketones (excluding diaryl/α,β-unsaturated/α-hetero) is 2. The van der Waals surface area contributed by atoms with Crippen LogP contribution in [0, 0.1) is 40.9 Å². The van der Waals surface area contributed by atoms with Crippen LogP contribution in [0.4, 0.5) is 0 Å². The highest BCUT2D eigenvalue weighted by molar-refractivity contribution is 6.23. The molecule has 0 aromatic carbocycles. The minimum Gasteiger partial charge on any atom is -0.463 e. The summed E-state index contributed by atoms with van der Waals surface area (Å²) in [5, 5.41) is 24.6. The fourth-order valence-electron chi connectivity index (χ4n) is 11.4. The summed E-state index contributed by atoms with van der Waals surface area (Å²) in [5.41, 5.74) is -0.709. The molecule has 10 nitrogen and oxygen atoms in total. The number of carbonyl (C=O) groups excluding carboxylic acids is 3. The van der Waals surface area contributed by atoms with Crippen LogP contribution in [0.3, 0.4) is 0 Å². The lowest BCUT2D eigenvalue weighted by atomic mass is 9.55. The fourth-order valence-corrected chi connectivity index (χ4v) is 11.4. The van der Waals surface area contributed by atoms with Gasteiger partial charge >= 0.3 is 5.97 Å². The summed E-state index contributed by atoms with van der Waals surface area (Å²) in [6.07, 6.45) is 26.3. The molecule has 0 radical (unpaired) electrons. The van der Waals surface area contributed by atoms with Gasteiger partial charge in [0.05, 0.1) is 19.4 Å². The molecule has 0 aromatic rings. The molecule has 7 aliphatic rings. The smallest absolute Gasteiger partial charge is 0.350 e. The Bertz CT molecular complexity index is 1630. The van der Waals surface area contributed by atoms with Gasteiger partial charge in [0.15, 0.2) is 17.2 Å². The van der Waals surface area contributed by atoms with E-state index in [0.29, 0.717) is 23.8 Å². The predicted molar refractivity (Wildman–Crippen MR) is 218 cm³/mol. The molecule has 2 saturated carbocycles. The summed E-state index contributed by atoms with van der Waals surface area (Å²) in [6, 6.07) is 0.0409. The molecule has 0 bridgehead atoms. The van der Waals surface area contributed by atoms with Crippen LogP contribution in [0.2, 0.25) is 0 Å². The van der Waals surface area contributed by atoms with Crippen LogP contribution in [0.15, 0.2) is 59.3 Å². The van der Waals surface area contributed by atoms with E-state index in [2.05, 4.69) is 77.6 Å². The van der Waals surface area contributed by atoms with Crippen molar-refractivity contribution in [3.8, 4) is 0 Å². The van der Waals surface area contributed by atoms with Crippen molar-refractivity contribution in [3.05, 3.63) is 59.3 Å². The number of esters is 1. The molecule has 4 fully saturated rings.